The molecule has 1 aromatic carbocycles. The molecule has 0 N–H and O–H groups in total. The van der Waals surface area contributed by atoms with Crippen molar-refractivity contribution in [2.24, 2.45) is 0 Å². The van der Waals surface area contributed by atoms with Crippen LogP contribution in [0.4, 0.5) is 0 Å². The van der Waals surface area contributed by atoms with Crippen molar-refractivity contribution in [3.8, 4) is 21.8 Å². The fraction of sp³-hybridized carbons (Fsp3) is 0.105. The molecule has 0 bridgehead atoms. The van der Waals surface area contributed by atoms with Crippen LogP contribution in [0.1, 0.15) is 10.4 Å². The Kier molecular flexibility index (Phi) is 3.09. The third-order valence-corrected chi connectivity index (χ3v) is 4.81. The minimum Gasteiger partial charge on any atom is -0.298 e. The highest BCUT2D eigenvalue weighted by Crippen LogP contribution is 2.36. The molecule has 3 heteroatoms. The molecule has 0 aliphatic heterocycles. The minimum atomic E-state index is 1.000. The van der Waals surface area contributed by atoms with Crippen LogP contribution in [0.5, 0.6) is 0 Å². The maximum absolute atomic E-state index is 4.90. The predicted octanol–water partition coefficient (Wildman–Crippen LogP) is 5.35. The van der Waals surface area contributed by atoms with Crippen molar-refractivity contribution in [2.45, 2.75) is 13.8 Å². The van der Waals surface area contributed by atoms with Gasteiger partial charge >= 0.3 is 0 Å². The van der Waals surface area contributed by atoms with Gasteiger partial charge in [-0.15, -0.1) is 11.3 Å². The highest BCUT2D eigenvalue weighted by atomic mass is 32.1. The number of nitrogens with zero attached hydrogens (tertiary/aromatic N) is 2. The van der Waals surface area contributed by atoms with Crippen molar-refractivity contribution < 1.29 is 0 Å². The second-order valence-corrected chi connectivity index (χ2v) is 6.81. The van der Waals surface area contributed by atoms with Crippen LogP contribution in [0.25, 0.3) is 27.5 Å². The first-order valence-corrected chi connectivity index (χ1v) is 8.15. The topological polar surface area (TPSA) is 17.3 Å². The highest BCUT2D eigenvalue weighted by Gasteiger charge is 2.16. The molecule has 4 aromatic rings. The molecule has 0 amide bonds. The molecule has 2 nitrogen and oxygen atoms in total. The molecule has 0 saturated carbocycles. The van der Waals surface area contributed by atoms with E-state index in [1.807, 2.05) is 17.4 Å². The Morgan fingerprint density at radius 2 is 1.77 bits per heavy atom. The summed E-state index contributed by atoms with van der Waals surface area (Å²) in [6.45, 7) is 4.25. The maximum Gasteiger partial charge on any atom is 0.138 e. The van der Waals surface area contributed by atoms with Crippen LogP contribution in [0, 0.1) is 13.8 Å². The average Bonchev–Trinajstić information content (AvgIpc) is 3.11. The molecule has 22 heavy (non-hydrogen) atoms. The molecule has 4 rings (SSSR count). The lowest BCUT2D eigenvalue weighted by Gasteiger charge is -2.03. The summed E-state index contributed by atoms with van der Waals surface area (Å²) in [5.74, 6) is 0. The Morgan fingerprint density at radius 3 is 2.50 bits per heavy atom. The Bertz CT molecular complexity index is 948. The molecular weight excluding hydrogens is 288 g/mol. The third kappa shape index (κ3) is 2.14. The van der Waals surface area contributed by atoms with Crippen molar-refractivity contribution in [3.05, 3.63) is 71.2 Å². The number of hydrogen-bond donors (Lipinski definition) is 0. The lowest BCUT2D eigenvalue weighted by Crippen LogP contribution is -1.88. The van der Waals surface area contributed by atoms with E-state index < -0.39 is 0 Å². The Hall–Kier alpha value is -2.39. The van der Waals surface area contributed by atoms with Gasteiger partial charge in [0, 0.05) is 16.6 Å². The molecule has 0 saturated heterocycles. The van der Waals surface area contributed by atoms with Crippen LogP contribution in [0.2, 0.25) is 0 Å². The molecule has 0 radical (unpaired) electrons. The third-order valence-electron chi connectivity index (χ3n) is 3.80. The second-order valence-electron chi connectivity index (χ2n) is 5.52. The van der Waals surface area contributed by atoms with E-state index in [0.717, 1.165) is 16.9 Å². The molecule has 108 valence electrons. The van der Waals surface area contributed by atoms with E-state index in [1.165, 1.54) is 21.0 Å². The minimum absolute atomic E-state index is 1.000. The van der Waals surface area contributed by atoms with Gasteiger partial charge in [-0.2, -0.15) is 0 Å². The summed E-state index contributed by atoms with van der Waals surface area (Å²) in [6, 6.07) is 19.0. The molecule has 3 heterocycles. The van der Waals surface area contributed by atoms with Crippen LogP contribution in [0.15, 0.2) is 60.8 Å². The smallest absolute Gasteiger partial charge is 0.138 e. The van der Waals surface area contributed by atoms with Gasteiger partial charge in [0.25, 0.3) is 0 Å². The van der Waals surface area contributed by atoms with Crippen molar-refractivity contribution in [1.82, 2.24) is 9.38 Å². The van der Waals surface area contributed by atoms with Crippen molar-refractivity contribution in [1.29, 1.82) is 0 Å². The lowest BCUT2D eigenvalue weighted by molar-refractivity contribution is 1.18. The van der Waals surface area contributed by atoms with E-state index in [1.54, 1.807) is 0 Å². The molecule has 0 atom stereocenters. The largest absolute Gasteiger partial charge is 0.298 e. The van der Waals surface area contributed by atoms with E-state index in [0.29, 0.717) is 0 Å². The Balaban J connectivity index is 2.07. The molecular formula is C19H16N2S. The van der Waals surface area contributed by atoms with E-state index >= 15 is 0 Å². The van der Waals surface area contributed by atoms with Gasteiger partial charge in [-0.05, 0) is 43.7 Å². The normalized spacial score (nSPS) is 11.2. The standard InChI is InChI=1S/C19H16N2S/c1-13-10-11-21-17(12-13)20-18(15-6-4-3-5-7-15)19(21)16-9-8-14(2)22-16/h3-12H,1-2H3. The number of pyridine rings is 1. The first kappa shape index (κ1) is 13.3. The van der Waals surface area contributed by atoms with Crippen LogP contribution in [-0.2, 0) is 0 Å². The summed E-state index contributed by atoms with van der Waals surface area (Å²) in [6.07, 6.45) is 2.12. The van der Waals surface area contributed by atoms with Gasteiger partial charge in [0.05, 0.1) is 16.3 Å². The molecule has 0 aliphatic rings. The van der Waals surface area contributed by atoms with E-state index in [2.05, 4.69) is 73.0 Å². The zero-order valence-corrected chi connectivity index (χ0v) is 13.4. The van der Waals surface area contributed by atoms with Gasteiger partial charge in [0.15, 0.2) is 0 Å². The maximum atomic E-state index is 4.90. The van der Waals surface area contributed by atoms with Gasteiger partial charge in [-0.1, -0.05) is 30.3 Å². The summed E-state index contributed by atoms with van der Waals surface area (Å²) in [7, 11) is 0. The average molecular weight is 304 g/mol. The summed E-state index contributed by atoms with van der Waals surface area (Å²) in [5.41, 5.74) is 5.61. The Morgan fingerprint density at radius 1 is 0.955 bits per heavy atom. The number of rotatable bonds is 2. The van der Waals surface area contributed by atoms with Gasteiger partial charge in [-0.25, -0.2) is 4.98 Å². The van der Waals surface area contributed by atoms with Crippen LogP contribution in [0.3, 0.4) is 0 Å². The summed E-state index contributed by atoms with van der Waals surface area (Å²) in [5, 5.41) is 0. The van der Waals surface area contributed by atoms with Gasteiger partial charge in [0.1, 0.15) is 5.65 Å². The van der Waals surface area contributed by atoms with Gasteiger partial charge in [0.2, 0.25) is 0 Å². The van der Waals surface area contributed by atoms with E-state index in [-0.39, 0.29) is 0 Å². The molecule has 0 unspecified atom stereocenters. The first-order valence-electron chi connectivity index (χ1n) is 7.33. The molecule has 0 aliphatic carbocycles. The fourth-order valence-corrected chi connectivity index (χ4v) is 3.65. The van der Waals surface area contributed by atoms with Gasteiger partial charge in [-0.3, -0.25) is 4.40 Å². The van der Waals surface area contributed by atoms with E-state index in [4.69, 9.17) is 4.98 Å². The van der Waals surface area contributed by atoms with Crippen molar-refractivity contribution in [2.75, 3.05) is 0 Å². The number of thiophene rings is 1. The predicted molar refractivity (Wildman–Crippen MR) is 93.4 cm³/mol. The van der Waals surface area contributed by atoms with Crippen LogP contribution < -0.4 is 0 Å². The number of aromatic nitrogens is 2. The number of aryl methyl sites for hydroxylation is 2. The molecule has 0 spiro atoms. The SMILES string of the molecule is Cc1ccn2c(-c3ccc(C)s3)c(-c3ccccc3)nc2c1. The van der Waals surface area contributed by atoms with Crippen molar-refractivity contribution in [3.63, 3.8) is 0 Å². The molecule has 3 aromatic heterocycles. The van der Waals surface area contributed by atoms with Crippen molar-refractivity contribution >= 4 is 17.0 Å². The second kappa shape index (κ2) is 5.11. The number of benzene rings is 1. The van der Waals surface area contributed by atoms with Crippen LogP contribution in [-0.4, -0.2) is 9.38 Å². The first-order chi connectivity index (χ1) is 10.7. The quantitative estimate of drug-likeness (QED) is 0.488. The number of hydrogen-bond acceptors (Lipinski definition) is 2. The summed E-state index contributed by atoms with van der Waals surface area (Å²) < 4.78 is 2.20. The van der Waals surface area contributed by atoms with E-state index in [9.17, 15) is 0 Å². The summed E-state index contributed by atoms with van der Waals surface area (Å²) >= 11 is 1.81. The van der Waals surface area contributed by atoms with Gasteiger partial charge < -0.3 is 0 Å². The molecule has 0 fully saturated rings. The number of imidazole rings is 1. The van der Waals surface area contributed by atoms with Crippen LogP contribution >= 0.6 is 11.3 Å². The monoisotopic (exact) mass is 304 g/mol. The fourth-order valence-electron chi connectivity index (χ4n) is 2.74. The number of fused-ring (bicyclic) bond motifs is 1. The Labute approximate surface area is 133 Å². The lowest BCUT2D eigenvalue weighted by atomic mass is 10.1. The zero-order chi connectivity index (χ0) is 15.1. The highest BCUT2D eigenvalue weighted by molar-refractivity contribution is 7.15. The zero-order valence-electron chi connectivity index (χ0n) is 12.6. The summed E-state index contributed by atoms with van der Waals surface area (Å²) in [4.78, 5) is 7.47.